The van der Waals surface area contributed by atoms with Gasteiger partial charge in [-0.2, -0.15) is 0 Å². The number of hydrogen-bond donors (Lipinski definition) is 1. The van der Waals surface area contributed by atoms with Crippen LogP contribution in [0.4, 0.5) is 0 Å². The summed E-state index contributed by atoms with van der Waals surface area (Å²) >= 11 is 0. The Bertz CT molecular complexity index is 380. The Morgan fingerprint density at radius 3 is 2.75 bits per heavy atom. The van der Waals surface area contributed by atoms with Crippen molar-refractivity contribution in [1.82, 2.24) is 9.97 Å². The molecular weight excluding hydrogens is 204 g/mol. The highest BCUT2D eigenvalue weighted by molar-refractivity contribution is 5.75. The highest BCUT2D eigenvalue weighted by Crippen LogP contribution is 2.43. The Balaban J connectivity index is 2.19. The van der Waals surface area contributed by atoms with E-state index in [0.717, 1.165) is 19.3 Å². The molecule has 0 bridgehead atoms. The second-order valence-electron chi connectivity index (χ2n) is 4.78. The van der Waals surface area contributed by atoms with Crippen LogP contribution in [-0.2, 0) is 11.2 Å². The van der Waals surface area contributed by atoms with E-state index in [1.165, 1.54) is 0 Å². The van der Waals surface area contributed by atoms with Gasteiger partial charge in [-0.3, -0.25) is 4.79 Å². The molecule has 0 radical (unpaired) electrons. The van der Waals surface area contributed by atoms with Gasteiger partial charge in [-0.15, -0.1) is 0 Å². The van der Waals surface area contributed by atoms with Crippen molar-refractivity contribution in [3.05, 3.63) is 24.3 Å². The van der Waals surface area contributed by atoms with E-state index in [4.69, 9.17) is 0 Å². The Labute approximate surface area is 94.7 Å². The third kappa shape index (κ3) is 2.05. The molecule has 0 amide bonds. The van der Waals surface area contributed by atoms with E-state index in [1.54, 1.807) is 18.5 Å². The van der Waals surface area contributed by atoms with E-state index in [1.807, 2.05) is 0 Å². The van der Waals surface area contributed by atoms with E-state index in [9.17, 15) is 9.90 Å². The summed E-state index contributed by atoms with van der Waals surface area (Å²) in [5.74, 6) is 0.420. The predicted octanol–water partition coefficient (Wildman–Crippen LogP) is 1.91. The van der Waals surface area contributed by atoms with Crippen LogP contribution < -0.4 is 0 Å². The summed E-state index contributed by atoms with van der Waals surface area (Å²) in [4.78, 5) is 19.7. The number of aliphatic carboxylic acids is 1. The molecule has 4 heteroatoms. The standard InChI is InChI=1S/C12H16N2O2/c1-9-3-4-12(7-9,11(15)16)8-10-13-5-2-6-14-10/h2,5-6,9H,3-4,7-8H2,1H3,(H,15,16). The zero-order valence-electron chi connectivity index (χ0n) is 9.39. The Morgan fingerprint density at radius 1 is 1.56 bits per heavy atom. The monoisotopic (exact) mass is 220 g/mol. The lowest BCUT2D eigenvalue weighted by Gasteiger charge is -2.22. The average Bonchev–Trinajstić information content (AvgIpc) is 2.63. The van der Waals surface area contributed by atoms with Gasteiger partial charge in [-0.1, -0.05) is 6.92 Å². The molecule has 1 heterocycles. The minimum atomic E-state index is -0.704. The minimum absolute atomic E-state index is 0.452. The molecule has 2 rings (SSSR count). The molecule has 2 atom stereocenters. The average molecular weight is 220 g/mol. The van der Waals surface area contributed by atoms with E-state index >= 15 is 0 Å². The van der Waals surface area contributed by atoms with Gasteiger partial charge >= 0.3 is 5.97 Å². The number of rotatable bonds is 3. The molecule has 0 aliphatic heterocycles. The molecule has 0 aromatic carbocycles. The second kappa shape index (κ2) is 4.20. The fourth-order valence-electron chi connectivity index (χ4n) is 2.55. The van der Waals surface area contributed by atoms with E-state index in [0.29, 0.717) is 18.2 Å². The SMILES string of the molecule is CC1CCC(Cc2ncccn2)(C(=O)O)C1. The fraction of sp³-hybridized carbons (Fsp3) is 0.583. The number of carboxylic acid groups (broad SMARTS) is 1. The van der Waals surface area contributed by atoms with Crippen molar-refractivity contribution < 1.29 is 9.90 Å². The molecule has 16 heavy (non-hydrogen) atoms. The van der Waals surface area contributed by atoms with Crippen molar-refractivity contribution in [3.63, 3.8) is 0 Å². The highest BCUT2D eigenvalue weighted by Gasteiger charge is 2.44. The molecule has 1 N–H and O–H groups in total. The molecule has 2 unspecified atom stereocenters. The smallest absolute Gasteiger partial charge is 0.310 e. The summed E-state index contributed by atoms with van der Waals surface area (Å²) in [5.41, 5.74) is -0.638. The Kier molecular flexibility index (Phi) is 2.90. The lowest BCUT2D eigenvalue weighted by molar-refractivity contribution is -0.148. The summed E-state index contributed by atoms with van der Waals surface area (Å²) in [5, 5.41) is 9.39. The highest BCUT2D eigenvalue weighted by atomic mass is 16.4. The van der Waals surface area contributed by atoms with Gasteiger partial charge in [-0.25, -0.2) is 9.97 Å². The van der Waals surface area contributed by atoms with Crippen LogP contribution in [0.5, 0.6) is 0 Å². The summed E-state index contributed by atoms with van der Waals surface area (Å²) < 4.78 is 0. The first-order valence-electron chi connectivity index (χ1n) is 5.62. The summed E-state index contributed by atoms with van der Waals surface area (Å²) in [6.07, 6.45) is 6.24. The maximum Gasteiger partial charge on any atom is 0.310 e. The quantitative estimate of drug-likeness (QED) is 0.845. The van der Waals surface area contributed by atoms with Crippen molar-refractivity contribution in [3.8, 4) is 0 Å². The summed E-state index contributed by atoms with van der Waals surface area (Å²) in [6, 6.07) is 1.74. The maximum absolute atomic E-state index is 11.4. The van der Waals surface area contributed by atoms with Crippen LogP contribution in [0.3, 0.4) is 0 Å². The number of nitrogens with zero attached hydrogens (tertiary/aromatic N) is 2. The van der Waals surface area contributed by atoms with Gasteiger partial charge in [0.2, 0.25) is 0 Å². The van der Waals surface area contributed by atoms with Crippen LogP contribution in [0.15, 0.2) is 18.5 Å². The number of carboxylic acids is 1. The first-order valence-corrected chi connectivity index (χ1v) is 5.62. The van der Waals surface area contributed by atoms with Crippen LogP contribution in [-0.4, -0.2) is 21.0 Å². The maximum atomic E-state index is 11.4. The van der Waals surface area contributed by atoms with Crippen LogP contribution >= 0.6 is 0 Å². The zero-order chi connectivity index (χ0) is 11.6. The van der Waals surface area contributed by atoms with Gasteiger partial charge in [0, 0.05) is 18.8 Å². The van der Waals surface area contributed by atoms with Gasteiger partial charge in [-0.05, 0) is 31.2 Å². The van der Waals surface area contributed by atoms with Crippen LogP contribution in [0.1, 0.15) is 32.0 Å². The molecule has 0 saturated heterocycles. The molecule has 0 spiro atoms. The van der Waals surface area contributed by atoms with Gasteiger partial charge in [0.05, 0.1) is 5.41 Å². The normalized spacial score (nSPS) is 29.2. The van der Waals surface area contributed by atoms with Crippen LogP contribution in [0.25, 0.3) is 0 Å². The van der Waals surface area contributed by atoms with Crippen molar-refractivity contribution in [2.75, 3.05) is 0 Å². The van der Waals surface area contributed by atoms with Gasteiger partial charge in [0.15, 0.2) is 0 Å². The molecule has 1 aromatic heterocycles. The van der Waals surface area contributed by atoms with Gasteiger partial charge < -0.3 is 5.11 Å². The van der Waals surface area contributed by atoms with Crippen molar-refractivity contribution in [1.29, 1.82) is 0 Å². The first kappa shape index (κ1) is 11.0. The van der Waals surface area contributed by atoms with E-state index < -0.39 is 11.4 Å². The molecule has 1 saturated carbocycles. The van der Waals surface area contributed by atoms with Crippen molar-refractivity contribution in [2.45, 2.75) is 32.6 Å². The fourth-order valence-corrected chi connectivity index (χ4v) is 2.55. The molecule has 1 aliphatic rings. The second-order valence-corrected chi connectivity index (χ2v) is 4.78. The van der Waals surface area contributed by atoms with E-state index in [2.05, 4.69) is 16.9 Å². The Hall–Kier alpha value is -1.45. The number of hydrogen-bond acceptors (Lipinski definition) is 3. The third-order valence-electron chi connectivity index (χ3n) is 3.42. The van der Waals surface area contributed by atoms with E-state index in [-0.39, 0.29) is 0 Å². The lowest BCUT2D eigenvalue weighted by atomic mass is 9.81. The molecule has 1 aromatic rings. The minimum Gasteiger partial charge on any atom is -0.481 e. The van der Waals surface area contributed by atoms with Crippen LogP contribution in [0.2, 0.25) is 0 Å². The molecular formula is C12H16N2O2. The largest absolute Gasteiger partial charge is 0.481 e. The summed E-state index contributed by atoms with van der Waals surface area (Å²) in [6.45, 7) is 2.11. The predicted molar refractivity (Wildman–Crippen MR) is 58.8 cm³/mol. The van der Waals surface area contributed by atoms with Gasteiger partial charge in [0.1, 0.15) is 5.82 Å². The zero-order valence-corrected chi connectivity index (χ0v) is 9.39. The van der Waals surface area contributed by atoms with Gasteiger partial charge in [0.25, 0.3) is 0 Å². The third-order valence-corrected chi connectivity index (χ3v) is 3.42. The molecule has 1 fully saturated rings. The number of aromatic nitrogens is 2. The topological polar surface area (TPSA) is 63.1 Å². The molecule has 1 aliphatic carbocycles. The Morgan fingerprint density at radius 2 is 2.25 bits per heavy atom. The first-order chi connectivity index (χ1) is 7.62. The van der Waals surface area contributed by atoms with Crippen molar-refractivity contribution >= 4 is 5.97 Å². The molecule has 86 valence electrons. The van der Waals surface area contributed by atoms with Crippen LogP contribution in [0, 0.1) is 11.3 Å². The van der Waals surface area contributed by atoms with Crippen molar-refractivity contribution in [2.24, 2.45) is 11.3 Å². The molecule has 4 nitrogen and oxygen atoms in total. The summed E-state index contributed by atoms with van der Waals surface area (Å²) in [7, 11) is 0. The number of carbonyl (C=O) groups is 1. The lowest BCUT2D eigenvalue weighted by Crippen LogP contribution is -2.31.